The van der Waals surface area contributed by atoms with Gasteiger partial charge in [-0.05, 0) is 54.7 Å². The molecule has 0 aliphatic heterocycles. The number of anilines is 1. The molecule has 2 heterocycles. The lowest BCUT2D eigenvalue weighted by molar-refractivity contribution is 0.446. The van der Waals surface area contributed by atoms with Crippen LogP contribution < -0.4 is 10.3 Å². The molecule has 1 aliphatic carbocycles. The average molecular weight is 500 g/mol. The van der Waals surface area contributed by atoms with Gasteiger partial charge in [0.25, 0.3) is 15.2 Å². The monoisotopic (exact) mass is 499 g/mol. The van der Waals surface area contributed by atoms with Crippen LogP contribution in [0.5, 0.6) is 5.75 Å². The second-order valence-corrected chi connectivity index (χ2v) is 10.5. The van der Waals surface area contributed by atoms with E-state index in [0.29, 0.717) is 27.7 Å². The molecule has 0 spiro atoms. The summed E-state index contributed by atoms with van der Waals surface area (Å²) < 4.78 is 34.2. The SMILES string of the molecule is O=c1oc2ccccc2c(O)c1C(c1cccc(NS(=O)(=O)c2ncc3ccccc3n2)c1)C1CC1. The van der Waals surface area contributed by atoms with Crippen molar-refractivity contribution in [2.45, 2.75) is 23.9 Å². The maximum absolute atomic E-state index is 13.1. The van der Waals surface area contributed by atoms with Gasteiger partial charge < -0.3 is 9.52 Å². The fraction of sp³-hybridized carbons (Fsp3) is 0.148. The standard InChI is InChI=1S/C27H21N3O5S/c31-25-20-9-2-4-11-22(20)35-26(32)24(25)23(16-12-13-16)17-7-5-8-19(14-17)30-36(33,34)27-28-15-18-6-1-3-10-21(18)29-27/h1-11,14-16,23,30-31H,12-13H2. The first-order chi connectivity index (χ1) is 17.4. The molecule has 180 valence electrons. The van der Waals surface area contributed by atoms with Crippen molar-refractivity contribution in [3.05, 3.63) is 101 Å². The number of rotatable bonds is 6. The largest absolute Gasteiger partial charge is 0.507 e. The van der Waals surface area contributed by atoms with Crippen LogP contribution in [-0.2, 0) is 10.0 Å². The molecule has 3 aromatic carbocycles. The lowest BCUT2D eigenvalue weighted by Crippen LogP contribution is -2.18. The Morgan fingerprint density at radius 1 is 1.00 bits per heavy atom. The highest BCUT2D eigenvalue weighted by molar-refractivity contribution is 7.92. The maximum Gasteiger partial charge on any atom is 0.343 e. The number of hydrogen-bond acceptors (Lipinski definition) is 7. The Morgan fingerprint density at radius 2 is 1.78 bits per heavy atom. The molecule has 2 aromatic heterocycles. The zero-order valence-electron chi connectivity index (χ0n) is 19.0. The van der Waals surface area contributed by atoms with Gasteiger partial charge in [-0.25, -0.2) is 14.8 Å². The zero-order valence-corrected chi connectivity index (χ0v) is 19.8. The molecule has 1 saturated carbocycles. The van der Waals surface area contributed by atoms with Crippen molar-refractivity contribution in [2.75, 3.05) is 4.72 Å². The first-order valence-electron chi connectivity index (χ1n) is 11.5. The third-order valence-electron chi connectivity index (χ3n) is 6.43. The van der Waals surface area contributed by atoms with Crippen LogP contribution >= 0.6 is 0 Å². The Hall–Kier alpha value is -4.24. The highest BCUT2D eigenvalue weighted by Crippen LogP contribution is 2.48. The van der Waals surface area contributed by atoms with E-state index in [2.05, 4.69) is 14.7 Å². The van der Waals surface area contributed by atoms with Gasteiger partial charge >= 0.3 is 5.63 Å². The molecule has 0 saturated heterocycles. The highest BCUT2D eigenvalue weighted by atomic mass is 32.2. The summed E-state index contributed by atoms with van der Waals surface area (Å²) in [6.07, 6.45) is 3.24. The van der Waals surface area contributed by atoms with Crippen LogP contribution in [0, 0.1) is 5.92 Å². The van der Waals surface area contributed by atoms with E-state index < -0.39 is 21.6 Å². The molecular formula is C27H21N3O5S. The summed E-state index contributed by atoms with van der Waals surface area (Å²) in [5, 5.41) is 11.9. The van der Waals surface area contributed by atoms with E-state index in [1.807, 2.05) is 12.1 Å². The number of aromatic hydroxyl groups is 1. The fourth-order valence-corrected chi connectivity index (χ4v) is 5.55. The molecule has 1 atom stereocenters. The zero-order chi connectivity index (χ0) is 24.9. The Morgan fingerprint density at radius 3 is 2.61 bits per heavy atom. The van der Waals surface area contributed by atoms with E-state index in [4.69, 9.17) is 4.42 Å². The van der Waals surface area contributed by atoms with Crippen molar-refractivity contribution in [1.82, 2.24) is 9.97 Å². The van der Waals surface area contributed by atoms with E-state index in [1.165, 1.54) is 6.20 Å². The second-order valence-electron chi connectivity index (χ2n) is 8.91. The normalized spacial score (nSPS) is 14.7. The summed E-state index contributed by atoms with van der Waals surface area (Å²) in [6, 6.07) is 20.8. The number of nitrogens with zero attached hydrogens (tertiary/aromatic N) is 2. The van der Waals surface area contributed by atoms with Crippen molar-refractivity contribution in [1.29, 1.82) is 0 Å². The average Bonchev–Trinajstić information content (AvgIpc) is 3.71. The molecule has 36 heavy (non-hydrogen) atoms. The molecule has 6 rings (SSSR count). The number of para-hydroxylation sites is 2. The summed E-state index contributed by atoms with van der Waals surface area (Å²) in [6.45, 7) is 0. The van der Waals surface area contributed by atoms with Gasteiger partial charge in [0.15, 0.2) is 0 Å². The first kappa shape index (κ1) is 22.2. The lowest BCUT2D eigenvalue weighted by atomic mass is 9.86. The Labute approximate surface area is 206 Å². The van der Waals surface area contributed by atoms with Gasteiger partial charge in [0.2, 0.25) is 0 Å². The van der Waals surface area contributed by atoms with Gasteiger partial charge in [0, 0.05) is 23.2 Å². The van der Waals surface area contributed by atoms with E-state index in [-0.39, 0.29) is 22.4 Å². The summed E-state index contributed by atoms with van der Waals surface area (Å²) in [7, 11) is -4.06. The molecule has 2 N–H and O–H groups in total. The molecule has 0 bridgehead atoms. The molecule has 5 aromatic rings. The van der Waals surface area contributed by atoms with Crippen molar-refractivity contribution in [3.8, 4) is 5.75 Å². The molecule has 0 radical (unpaired) electrons. The third kappa shape index (κ3) is 3.97. The van der Waals surface area contributed by atoms with Crippen molar-refractivity contribution < 1.29 is 17.9 Å². The summed E-state index contributed by atoms with van der Waals surface area (Å²) >= 11 is 0. The summed E-state index contributed by atoms with van der Waals surface area (Å²) in [5.41, 5.74) is 1.44. The predicted octanol–water partition coefficient (Wildman–Crippen LogP) is 4.78. The van der Waals surface area contributed by atoms with E-state index >= 15 is 0 Å². The number of fused-ring (bicyclic) bond motifs is 2. The van der Waals surface area contributed by atoms with E-state index in [0.717, 1.165) is 18.2 Å². The topological polar surface area (TPSA) is 122 Å². The number of aromatic nitrogens is 2. The van der Waals surface area contributed by atoms with E-state index in [9.17, 15) is 18.3 Å². The number of benzene rings is 3. The van der Waals surface area contributed by atoms with Crippen LogP contribution in [-0.4, -0.2) is 23.5 Å². The molecule has 1 aliphatic rings. The smallest absolute Gasteiger partial charge is 0.343 e. The van der Waals surface area contributed by atoms with Crippen LogP contribution in [0.1, 0.15) is 29.9 Å². The minimum Gasteiger partial charge on any atom is -0.507 e. The summed E-state index contributed by atoms with van der Waals surface area (Å²) in [4.78, 5) is 21.2. The quantitative estimate of drug-likeness (QED) is 0.254. The highest BCUT2D eigenvalue weighted by Gasteiger charge is 2.38. The minimum atomic E-state index is -4.06. The lowest BCUT2D eigenvalue weighted by Gasteiger charge is -2.19. The molecule has 0 amide bonds. The molecule has 1 fully saturated rings. The van der Waals surface area contributed by atoms with Gasteiger partial charge in [-0.3, -0.25) is 4.72 Å². The molecule has 9 heteroatoms. The molecule has 8 nitrogen and oxygen atoms in total. The molecular weight excluding hydrogens is 478 g/mol. The van der Waals surface area contributed by atoms with Crippen LogP contribution in [0.4, 0.5) is 5.69 Å². The Balaban J connectivity index is 1.38. The number of nitrogens with one attached hydrogen (secondary N) is 1. The third-order valence-corrected chi connectivity index (χ3v) is 7.61. The van der Waals surface area contributed by atoms with Crippen molar-refractivity contribution in [3.63, 3.8) is 0 Å². The van der Waals surface area contributed by atoms with Gasteiger partial charge in [-0.15, -0.1) is 0 Å². The Kier molecular flexibility index (Phi) is 5.22. The fourth-order valence-electron chi connectivity index (χ4n) is 4.61. The summed E-state index contributed by atoms with van der Waals surface area (Å²) in [5.74, 6) is -0.405. The number of hydrogen-bond donors (Lipinski definition) is 2. The predicted molar refractivity (Wildman–Crippen MR) is 136 cm³/mol. The van der Waals surface area contributed by atoms with Gasteiger partial charge in [0.05, 0.1) is 16.5 Å². The first-order valence-corrected chi connectivity index (χ1v) is 13.0. The van der Waals surface area contributed by atoms with E-state index in [1.54, 1.807) is 60.7 Å². The molecule has 1 unspecified atom stereocenters. The van der Waals surface area contributed by atoms with Crippen LogP contribution in [0.3, 0.4) is 0 Å². The van der Waals surface area contributed by atoms with Gasteiger partial charge in [-0.2, -0.15) is 8.42 Å². The Bertz CT molecular complexity index is 1800. The minimum absolute atomic E-state index is 0.103. The van der Waals surface area contributed by atoms with Crippen LogP contribution in [0.25, 0.3) is 21.9 Å². The van der Waals surface area contributed by atoms with Gasteiger partial charge in [0.1, 0.15) is 11.3 Å². The second kappa shape index (κ2) is 8.46. The number of sulfonamides is 1. The van der Waals surface area contributed by atoms with Crippen molar-refractivity contribution >= 4 is 37.6 Å². The van der Waals surface area contributed by atoms with Gasteiger partial charge in [-0.1, -0.05) is 42.5 Å². The maximum atomic E-state index is 13.1. The van der Waals surface area contributed by atoms with Crippen LogP contribution in [0.15, 0.2) is 93.4 Å². The van der Waals surface area contributed by atoms with Crippen molar-refractivity contribution in [2.24, 2.45) is 5.92 Å². The van der Waals surface area contributed by atoms with Crippen LogP contribution in [0.2, 0.25) is 0 Å².